The lowest BCUT2D eigenvalue weighted by Gasteiger charge is -2.18. The molecule has 0 spiro atoms. The maximum absolute atomic E-state index is 14.0. The first kappa shape index (κ1) is 22.0. The van der Waals surface area contributed by atoms with E-state index >= 15 is 0 Å². The van der Waals surface area contributed by atoms with Crippen LogP contribution >= 0.6 is 0 Å². The molecule has 2 N–H and O–H groups in total. The molecule has 31 heavy (non-hydrogen) atoms. The number of carboxylic acids is 1. The molecule has 1 heterocycles. The van der Waals surface area contributed by atoms with Crippen molar-refractivity contribution in [1.82, 2.24) is 10.3 Å². The predicted molar refractivity (Wildman–Crippen MR) is 101 cm³/mol. The topological polar surface area (TPSA) is 92.4 Å². The Morgan fingerprint density at radius 2 is 1.77 bits per heavy atom. The van der Waals surface area contributed by atoms with Gasteiger partial charge in [0.1, 0.15) is 11.6 Å². The van der Waals surface area contributed by atoms with E-state index in [1.54, 1.807) is 6.07 Å². The molecule has 2 aromatic carbocycles. The number of aliphatic carboxylic acids is 1. The highest BCUT2D eigenvalue weighted by Crippen LogP contribution is 2.30. The summed E-state index contributed by atoms with van der Waals surface area (Å²) in [5, 5.41) is 11.6. The van der Waals surface area contributed by atoms with Gasteiger partial charge < -0.3 is 14.8 Å². The summed E-state index contributed by atoms with van der Waals surface area (Å²) in [6.07, 6.45) is -5.13. The van der Waals surface area contributed by atoms with Gasteiger partial charge in [0.15, 0.2) is 5.69 Å². The van der Waals surface area contributed by atoms with Crippen molar-refractivity contribution < 1.29 is 36.7 Å². The molecule has 0 fully saturated rings. The zero-order valence-electron chi connectivity index (χ0n) is 16.0. The second-order valence-electron chi connectivity index (χ2n) is 6.65. The standard InChI is InChI=1S/C21H16F4N2O4/c1-11-18(27-20(31-11)14-4-2-3-5-15(14)22)19(30)26-16(10-17(28)29)12-6-8-13(9-7-12)21(23,24)25/h2-9,16H,10H2,1H3,(H,26,30)(H,28,29). The van der Waals surface area contributed by atoms with Crippen molar-refractivity contribution in [2.45, 2.75) is 25.6 Å². The Labute approximate surface area is 173 Å². The average molecular weight is 436 g/mol. The number of halogens is 4. The molecule has 1 aromatic heterocycles. The fraction of sp³-hybridized carbons (Fsp3) is 0.190. The van der Waals surface area contributed by atoms with Crippen LogP contribution in [0.1, 0.15) is 39.8 Å². The zero-order chi connectivity index (χ0) is 22.8. The Bertz CT molecular complexity index is 1110. The summed E-state index contributed by atoms with van der Waals surface area (Å²) in [5.74, 6) is -2.75. The van der Waals surface area contributed by atoms with Crippen molar-refractivity contribution in [2.24, 2.45) is 0 Å². The van der Waals surface area contributed by atoms with E-state index in [0.717, 1.165) is 24.3 Å². The quantitative estimate of drug-likeness (QED) is 0.544. The molecule has 0 aliphatic rings. The van der Waals surface area contributed by atoms with E-state index in [0.29, 0.717) is 0 Å². The van der Waals surface area contributed by atoms with E-state index in [1.807, 2.05) is 0 Å². The molecule has 3 rings (SSSR count). The number of aryl methyl sites for hydroxylation is 1. The van der Waals surface area contributed by atoms with Gasteiger partial charge in [0.25, 0.3) is 5.91 Å². The Hall–Kier alpha value is -3.69. The molecule has 0 radical (unpaired) electrons. The smallest absolute Gasteiger partial charge is 0.416 e. The number of nitrogens with one attached hydrogen (secondary N) is 1. The molecule has 1 amide bonds. The van der Waals surface area contributed by atoms with Crippen LogP contribution in [-0.4, -0.2) is 22.0 Å². The molecule has 6 nitrogen and oxygen atoms in total. The maximum atomic E-state index is 14.0. The van der Waals surface area contributed by atoms with Gasteiger partial charge in [0, 0.05) is 0 Å². The summed E-state index contributed by atoms with van der Waals surface area (Å²) >= 11 is 0. The highest BCUT2D eigenvalue weighted by Gasteiger charge is 2.31. The van der Waals surface area contributed by atoms with Gasteiger partial charge in [0.05, 0.1) is 23.6 Å². The number of nitrogens with zero attached hydrogens (tertiary/aromatic N) is 1. The molecule has 10 heteroatoms. The third-order valence-electron chi connectivity index (χ3n) is 4.44. The average Bonchev–Trinajstić information content (AvgIpc) is 3.08. The second kappa shape index (κ2) is 8.58. The van der Waals surface area contributed by atoms with Crippen molar-refractivity contribution in [3.63, 3.8) is 0 Å². The molecule has 0 aliphatic carbocycles. The van der Waals surface area contributed by atoms with Crippen molar-refractivity contribution in [2.75, 3.05) is 0 Å². The number of alkyl halides is 3. The number of aromatic nitrogens is 1. The summed E-state index contributed by atoms with van der Waals surface area (Å²) in [6.45, 7) is 1.43. The lowest BCUT2D eigenvalue weighted by Crippen LogP contribution is -2.31. The summed E-state index contributed by atoms with van der Waals surface area (Å²) in [4.78, 5) is 27.9. The number of benzene rings is 2. The van der Waals surface area contributed by atoms with E-state index < -0.39 is 41.9 Å². The molecule has 1 unspecified atom stereocenters. The third-order valence-corrected chi connectivity index (χ3v) is 4.44. The molecular formula is C21H16F4N2O4. The fourth-order valence-electron chi connectivity index (χ4n) is 2.91. The highest BCUT2D eigenvalue weighted by molar-refractivity contribution is 5.94. The minimum Gasteiger partial charge on any atom is -0.481 e. The van der Waals surface area contributed by atoms with Crippen LogP contribution in [-0.2, 0) is 11.0 Å². The van der Waals surface area contributed by atoms with Crippen molar-refractivity contribution in [3.05, 3.63) is 76.9 Å². The van der Waals surface area contributed by atoms with E-state index in [1.165, 1.54) is 25.1 Å². The Kier molecular flexibility index (Phi) is 6.09. The first-order valence-corrected chi connectivity index (χ1v) is 8.98. The van der Waals surface area contributed by atoms with E-state index in [-0.39, 0.29) is 28.5 Å². The van der Waals surface area contributed by atoms with Crippen LogP contribution < -0.4 is 5.32 Å². The minimum absolute atomic E-state index is 0.0366. The summed E-state index contributed by atoms with van der Waals surface area (Å²) in [5.41, 5.74) is -0.896. The summed E-state index contributed by atoms with van der Waals surface area (Å²) in [6, 6.07) is 8.31. The molecular weight excluding hydrogens is 420 g/mol. The van der Waals surface area contributed by atoms with Crippen LogP contribution in [0.15, 0.2) is 52.9 Å². The van der Waals surface area contributed by atoms with Gasteiger partial charge in [-0.3, -0.25) is 9.59 Å². The van der Waals surface area contributed by atoms with E-state index in [2.05, 4.69) is 10.3 Å². The van der Waals surface area contributed by atoms with E-state index in [9.17, 15) is 27.2 Å². The third kappa shape index (κ3) is 5.08. The number of carbonyl (C=O) groups excluding carboxylic acids is 1. The van der Waals surface area contributed by atoms with Gasteiger partial charge in [-0.2, -0.15) is 13.2 Å². The lowest BCUT2D eigenvalue weighted by atomic mass is 10.0. The zero-order valence-corrected chi connectivity index (χ0v) is 16.0. The second-order valence-corrected chi connectivity index (χ2v) is 6.65. The van der Waals surface area contributed by atoms with Crippen LogP contribution in [0.5, 0.6) is 0 Å². The Balaban J connectivity index is 1.86. The number of hydrogen-bond acceptors (Lipinski definition) is 4. The van der Waals surface area contributed by atoms with Gasteiger partial charge in [0.2, 0.25) is 5.89 Å². The van der Waals surface area contributed by atoms with Crippen LogP contribution in [0.25, 0.3) is 11.5 Å². The normalized spacial score (nSPS) is 12.4. The van der Waals surface area contributed by atoms with Crippen LogP contribution in [0.3, 0.4) is 0 Å². The van der Waals surface area contributed by atoms with Gasteiger partial charge in [-0.25, -0.2) is 9.37 Å². The Morgan fingerprint density at radius 3 is 2.35 bits per heavy atom. The number of rotatable bonds is 6. The fourth-order valence-corrected chi connectivity index (χ4v) is 2.91. The number of carbonyl (C=O) groups is 2. The van der Waals surface area contributed by atoms with Crippen molar-refractivity contribution in [1.29, 1.82) is 0 Å². The summed E-state index contributed by atoms with van der Waals surface area (Å²) in [7, 11) is 0. The number of hydrogen-bond donors (Lipinski definition) is 2. The molecule has 3 aromatic rings. The highest BCUT2D eigenvalue weighted by atomic mass is 19.4. The first-order chi connectivity index (χ1) is 14.6. The lowest BCUT2D eigenvalue weighted by molar-refractivity contribution is -0.138. The SMILES string of the molecule is Cc1oc(-c2ccccc2F)nc1C(=O)NC(CC(=O)O)c1ccc(C(F)(F)F)cc1. The molecule has 162 valence electrons. The number of amides is 1. The molecule has 0 aliphatic heterocycles. The van der Waals surface area contributed by atoms with Crippen LogP contribution in [0.4, 0.5) is 17.6 Å². The van der Waals surface area contributed by atoms with Gasteiger partial charge in [-0.1, -0.05) is 24.3 Å². The number of oxazole rings is 1. The van der Waals surface area contributed by atoms with Crippen LogP contribution in [0.2, 0.25) is 0 Å². The monoisotopic (exact) mass is 436 g/mol. The number of carboxylic acid groups (broad SMARTS) is 1. The largest absolute Gasteiger partial charge is 0.481 e. The van der Waals surface area contributed by atoms with Gasteiger partial charge >= 0.3 is 12.1 Å². The molecule has 1 atom stereocenters. The predicted octanol–water partition coefficient (Wildman–Crippen LogP) is 4.75. The van der Waals surface area contributed by atoms with E-state index in [4.69, 9.17) is 9.52 Å². The maximum Gasteiger partial charge on any atom is 0.416 e. The summed E-state index contributed by atoms with van der Waals surface area (Å²) < 4.78 is 57.6. The van der Waals surface area contributed by atoms with Crippen LogP contribution in [0, 0.1) is 12.7 Å². The van der Waals surface area contributed by atoms with Gasteiger partial charge in [-0.15, -0.1) is 0 Å². The minimum atomic E-state index is -4.55. The molecule has 0 saturated carbocycles. The first-order valence-electron chi connectivity index (χ1n) is 8.98. The molecule has 0 bridgehead atoms. The molecule has 0 saturated heterocycles. The van der Waals surface area contributed by atoms with Crippen molar-refractivity contribution in [3.8, 4) is 11.5 Å². The van der Waals surface area contributed by atoms with Gasteiger partial charge in [-0.05, 0) is 36.8 Å². The van der Waals surface area contributed by atoms with Crippen molar-refractivity contribution >= 4 is 11.9 Å². The Morgan fingerprint density at radius 1 is 1.13 bits per heavy atom.